The summed E-state index contributed by atoms with van der Waals surface area (Å²) in [6.07, 6.45) is 15.2. The van der Waals surface area contributed by atoms with Crippen LogP contribution in [0.2, 0.25) is 0 Å². The Morgan fingerprint density at radius 1 is 0.647 bits per heavy atom. The molecule has 0 aromatic rings. The van der Waals surface area contributed by atoms with E-state index in [1.54, 1.807) is 0 Å². The van der Waals surface area contributed by atoms with Gasteiger partial charge in [0.1, 0.15) is 0 Å². The molecule has 1 radical (unpaired) electrons. The van der Waals surface area contributed by atoms with Gasteiger partial charge in [0.05, 0.1) is 0 Å². The minimum Gasteiger partial charge on any atom is -0.0654 e. The zero-order valence-corrected chi connectivity index (χ0v) is 12.6. The van der Waals surface area contributed by atoms with Crippen molar-refractivity contribution in [1.29, 1.82) is 0 Å². The molecular formula is C17H35. The molecular weight excluding hydrogens is 204 g/mol. The van der Waals surface area contributed by atoms with E-state index in [1.807, 2.05) is 0 Å². The van der Waals surface area contributed by atoms with Crippen LogP contribution in [0.3, 0.4) is 0 Å². The van der Waals surface area contributed by atoms with E-state index >= 15 is 0 Å². The Kier molecular flexibility index (Phi) is 12.5. The molecule has 0 spiro atoms. The standard InChI is InChI=1S/C17H35/c1-5-9-13-16(12-8-4)17(14-10-6-2)15-11-7-3/h16-17H,1,5-15H2,2-4H3. The van der Waals surface area contributed by atoms with Crippen LogP contribution in [0.15, 0.2) is 0 Å². The van der Waals surface area contributed by atoms with E-state index in [1.165, 1.54) is 64.2 Å². The Hall–Kier alpha value is 0. The first kappa shape index (κ1) is 17.0. The first-order chi connectivity index (χ1) is 8.29. The third-order valence-electron chi connectivity index (χ3n) is 4.01. The highest BCUT2D eigenvalue weighted by Gasteiger charge is 2.19. The van der Waals surface area contributed by atoms with Crippen molar-refractivity contribution in [3.63, 3.8) is 0 Å². The molecule has 0 amide bonds. The molecule has 0 aromatic carbocycles. The zero-order chi connectivity index (χ0) is 12.9. The third kappa shape index (κ3) is 8.69. The molecule has 0 nitrogen and oxygen atoms in total. The topological polar surface area (TPSA) is 0 Å². The highest BCUT2D eigenvalue weighted by atomic mass is 14.2. The first-order valence-electron chi connectivity index (χ1n) is 8.09. The van der Waals surface area contributed by atoms with Crippen molar-refractivity contribution in [2.24, 2.45) is 11.8 Å². The van der Waals surface area contributed by atoms with E-state index in [2.05, 4.69) is 27.7 Å². The van der Waals surface area contributed by atoms with Gasteiger partial charge < -0.3 is 0 Å². The van der Waals surface area contributed by atoms with Crippen LogP contribution in [-0.4, -0.2) is 0 Å². The van der Waals surface area contributed by atoms with Gasteiger partial charge in [0.2, 0.25) is 0 Å². The monoisotopic (exact) mass is 239 g/mol. The smallest absolute Gasteiger partial charge is 0.0386 e. The van der Waals surface area contributed by atoms with Crippen LogP contribution in [-0.2, 0) is 0 Å². The summed E-state index contributed by atoms with van der Waals surface area (Å²) in [5, 5.41) is 0. The van der Waals surface area contributed by atoms with Gasteiger partial charge in [0, 0.05) is 0 Å². The molecule has 0 fully saturated rings. The molecule has 0 heterocycles. The molecule has 0 saturated heterocycles. The van der Waals surface area contributed by atoms with Gasteiger partial charge in [0.15, 0.2) is 0 Å². The molecule has 0 aliphatic rings. The van der Waals surface area contributed by atoms with Crippen LogP contribution >= 0.6 is 0 Å². The minimum atomic E-state index is 0.986. The molecule has 0 bridgehead atoms. The predicted octanol–water partition coefficient (Wildman–Crippen LogP) is 6.40. The van der Waals surface area contributed by atoms with Gasteiger partial charge in [0.25, 0.3) is 0 Å². The maximum atomic E-state index is 4.00. The first-order valence-corrected chi connectivity index (χ1v) is 8.09. The lowest BCUT2D eigenvalue weighted by Crippen LogP contribution is -2.15. The molecule has 103 valence electrons. The van der Waals surface area contributed by atoms with Gasteiger partial charge in [-0.1, -0.05) is 98.3 Å². The average Bonchev–Trinajstić information content (AvgIpc) is 2.35. The minimum absolute atomic E-state index is 0.986. The Labute approximate surface area is 111 Å². The summed E-state index contributed by atoms with van der Waals surface area (Å²) >= 11 is 0. The molecule has 0 rings (SSSR count). The Balaban J connectivity index is 4.20. The maximum Gasteiger partial charge on any atom is -0.0386 e. The van der Waals surface area contributed by atoms with Crippen LogP contribution in [0.5, 0.6) is 0 Å². The highest BCUT2D eigenvalue weighted by Crippen LogP contribution is 2.31. The van der Waals surface area contributed by atoms with Crippen molar-refractivity contribution in [3.05, 3.63) is 6.92 Å². The second kappa shape index (κ2) is 12.5. The molecule has 17 heavy (non-hydrogen) atoms. The van der Waals surface area contributed by atoms with E-state index in [0.717, 1.165) is 18.3 Å². The van der Waals surface area contributed by atoms with Crippen molar-refractivity contribution >= 4 is 0 Å². The quantitative estimate of drug-likeness (QED) is 0.369. The predicted molar refractivity (Wildman–Crippen MR) is 80.1 cm³/mol. The summed E-state index contributed by atoms with van der Waals surface area (Å²) in [6, 6.07) is 0. The fourth-order valence-electron chi connectivity index (χ4n) is 2.94. The summed E-state index contributed by atoms with van der Waals surface area (Å²) < 4.78 is 0. The molecule has 0 aliphatic carbocycles. The number of hydrogen-bond donors (Lipinski definition) is 0. The normalized spacial score (nSPS) is 13.2. The van der Waals surface area contributed by atoms with Crippen LogP contribution in [0.4, 0.5) is 0 Å². The maximum absolute atomic E-state index is 4.00. The molecule has 0 aromatic heterocycles. The number of rotatable bonds is 12. The van der Waals surface area contributed by atoms with Gasteiger partial charge in [-0.3, -0.25) is 0 Å². The Morgan fingerprint density at radius 2 is 1.12 bits per heavy atom. The second-order valence-electron chi connectivity index (χ2n) is 5.59. The molecule has 0 aliphatic heterocycles. The van der Waals surface area contributed by atoms with Crippen LogP contribution < -0.4 is 0 Å². The van der Waals surface area contributed by atoms with E-state index in [-0.39, 0.29) is 0 Å². The fourth-order valence-corrected chi connectivity index (χ4v) is 2.94. The van der Waals surface area contributed by atoms with Crippen LogP contribution in [0.1, 0.15) is 91.4 Å². The zero-order valence-electron chi connectivity index (χ0n) is 12.6. The molecule has 0 saturated carbocycles. The van der Waals surface area contributed by atoms with Crippen molar-refractivity contribution < 1.29 is 0 Å². The van der Waals surface area contributed by atoms with Crippen LogP contribution in [0.25, 0.3) is 0 Å². The summed E-state index contributed by atoms with van der Waals surface area (Å²) in [7, 11) is 0. The lowest BCUT2D eigenvalue weighted by molar-refractivity contribution is 0.246. The molecule has 1 atom stereocenters. The Bertz CT molecular complexity index is 131. The highest BCUT2D eigenvalue weighted by molar-refractivity contribution is 4.71. The van der Waals surface area contributed by atoms with Gasteiger partial charge in [-0.25, -0.2) is 0 Å². The summed E-state index contributed by atoms with van der Waals surface area (Å²) in [5.41, 5.74) is 0. The second-order valence-corrected chi connectivity index (χ2v) is 5.59. The van der Waals surface area contributed by atoms with Crippen molar-refractivity contribution in [3.8, 4) is 0 Å². The Morgan fingerprint density at radius 3 is 1.53 bits per heavy atom. The summed E-state index contributed by atoms with van der Waals surface area (Å²) in [6.45, 7) is 11.0. The van der Waals surface area contributed by atoms with E-state index in [0.29, 0.717) is 0 Å². The molecule has 0 N–H and O–H groups in total. The van der Waals surface area contributed by atoms with E-state index < -0.39 is 0 Å². The third-order valence-corrected chi connectivity index (χ3v) is 4.01. The summed E-state index contributed by atoms with van der Waals surface area (Å²) in [5.74, 6) is 1.99. The van der Waals surface area contributed by atoms with Crippen molar-refractivity contribution in [1.82, 2.24) is 0 Å². The van der Waals surface area contributed by atoms with E-state index in [9.17, 15) is 0 Å². The number of unbranched alkanes of at least 4 members (excludes halogenated alkanes) is 3. The average molecular weight is 239 g/mol. The van der Waals surface area contributed by atoms with Crippen molar-refractivity contribution in [2.75, 3.05) is 0 Å². The lowest BCUT2D eigenvalue weighted by Gasteiger charge is -2.27. The lowest BCUT2D eigenvalue weighted by atomic mass is 9.79. The van der Waals surface area contributed by atoms with Crippen molar-refractivity contribution in [2.45, 2.75) is 91.4 Å². The fraction of sp³-hybridized carbons (Fsp3) is 0.941. The molecule has 1 unspecified atom stereocenters. The van der Waals surface area contributed by atoms with Gasteiger partial charge in [-0.15, -0.1) is 0 Å². The molecule has 0 heteroatoms. The van der Waals surface area contributed by atoms with Gasteiger partial charge in [-0.2, -0.15) is 0 Å². The van der Waals surface area contributed by atoms with Gasteiger partial charge in [-0.05, 0) is 11.8 Å². The van der Waals surface area contributed by atoms with E-state index in [4.69, 9.17) is 0 Å². The van der Waals surface area contributed by atoms with Gasteiger partial charge >= 0.3 is 0 Å². The number of hydrogen-bond acceptors (Lipinski definition) is 0. The summed E-state index contributed by atoms with van der Waals surface area (Å²) in [4.78, 5) is 0. The largest absolute Gasteiger partial charge is 0.0654 e. The van der Waals surface area contributed by atoms with Crippen LogP contribution in [0, 0.1) is 18.8 Å². The SMILES string of the molecule is [CH2]CCCC(CCC)C(CCCC)CCCC.